The minimum absolute atomic E-state index is 0.102. The lowest BCUT2D eigenvalue weighted by Crippen LogP contribution is -2.23. The van der Waals surface area contributed by atoms with Crippen molar-refractivity contribution in [2.45, 2.75) is 19.4 Å². The number of nitrogens with one attached hydrogen (secondary N) is 1. The van der Waals surface area contributed by atoms with Gasteiger partial charge in [0.05, 0.1) is 41.2 Å². The molecule has 0 saturated heterocycles. The first-order valence-electron chi connectivity index (χ1n) is 8.95. The maximum atomic E-state index is 12.5. The molecule has 0 bridgehead atoms. The van der Waals surface area contributed by atoms with Crippen LogP contribution < -0.4 is 20.3 Å². The highest BCUT2D eigenvalue weighted by Crippen LogP contribution is 2.37. The first-order valence-corrected chi connectivity index (χ1v) is 9.33. The number of hydrogen-bond donors (Lipinski definition) is 1. The van der Waals surface area contributed by atoms with Gasteiger partial charge in [0.15, 0.2) is 11.5 Å². The molecule has 1 aliphatic rings. The second-order valence-corrected chi connectivity index (χ2v) is 6.79. The monoisotopic (exact) mass is 399 g/mol. The lowest BCUT2D eigenvalue weighted by molar-refractivity contribution is -0.116. The Hall–Kier alpha value is -3.06. The van der Waals surface area contributed by atoms with Gasteiger partial charge in [-0.1, -0.05) is 23.7 Å². The number of aryl methyl sites for hydroxylation is 1. The molecule has 1 aliphatic heterocycles. The van der Waals surface area contributed by atoms with E-state index in [2.05, 4.69) is 10.3 Å². The summed E-state index contributed by atoms with van der Waals surface area (Å²) in [4.78, 5) is 29.1. The van der Waals surface area contributed by atoms with E-state index in [4.69, 9.17) is 21.1 Å². The maximum absolute atomic E-state index is 12.5. The minimum atomic E-state index is -0.267. The molecule has 0 spiro atoms. The number of fused-ring (bicyclic) bond motifs is 2. The molecule has 1 aromatic heterocycles. The fourth-order valence-corrected chi connectivity index (χ4v) is 3.18. The van der Waals surface area contributed by atoms with E-state index in [1.807, 2.05) is 6.07 Å². The summed E-state index contributed by atoms with van der Waals surface area (Å²) >= 11 is 6.25. The molecule has 0 saturated carbocycles. The molecule has 0 atom stereocenters. The van der Waals surface area contributed by atoms with Crippen molar-refractivity contribution < 1.29 is 14.3 Å². The van der Waals surface area contributed by atoms with Gasteiger partial charge in [0, 0.05) is 31.5 Å². The van der Waals surface area contributed by atoms with Crippen molar-refractivity contribution in [3.05, 3.63) is 58.1 Å². The van der Waals surface area contributed by atoms with Crippen molar-refractivity contribution in [3.63, 3.8) is 0 Å². The summed E-state index contributed by atoms with van der Waals surface area (Å²) in [5.41, 5.74) is 0.902. The largest absolute Gasteiger partial charge is 0.490 e. The van der Waals surface area contributed by atoms with E-state index in [0.29, 0.717) is 46.3 Å². The normalized spacial score (nSPS) is 13.2. The molecule has 0 fully saturated rings. The zero-order valence-electron chi connectivity index (χ0n) is 15.0. The van der Waals surface area contributed by atoms with Crippen LogP contribution in [0.2, 0.25) is 5.02 Å². The number of anilines is 1. The summed E-state index contributed by atoms with van der Waals surface area (Å²) in [6.07, 6.45) is 2.34. The molecule has 8 heteroatoms. The molecule has 3 aromatic rings. The zero-order valence-corrected chi connectivity index (χ0v) is 15.7. The third-order valence-corrected chi connectivity index (χ3v) is 4.74. The van der Waals surface area contributed by atoms with Crippen LogP contribution in [0.4, 0.5) is 5.69 Å². The van der Waals surface area contributed by atoms with Gasteiger partial charge in [0.2, 0.25) is 5.91 Å². The third kappa shape index (κ3) is 3.80. The van der Waals surface area contributed by atoms with Crippen molar-refractivity contribution in [1.82, 2.24) is 9.55 Å². The van der Waals surface area contributed by atoms with Crippen molar-refractivity contribution >= 4 is 34.1 Å². The first kappa shape index (κ1) is 18.3. The first-order chi connectivity index (χ1) is 13.6. The Balaban J connectivity index is 1.46. The molecule has 4 rings (SSSR count). The van der Waals surface area contributed by atoms with E-state index in [1.54, 1.807) is 30.3 Å². The molecule has 0 radical (unpaired) electrons. The minimum Gasteiger partial charge on any atom is -0.490 e. The predicted octanol–water partition coefficient (Wildman–Crippen LogP) is 3.24. The molecule has 0 unspecified atom stereocenters. The molecule has 28 heavy (non-hydrogen) atoms. The SMILES string of the molecule is O=C(CCn1cnc2ccccc2c1=O)Nc1cc2c(cc1Cl)OCCCO2. The standard InChI is InChI=1S/C20H18ClN3O4/c21-14-10-17-18(28-9-3-8-27-17)11-16(14)23-19(25)6-7-24-12-22-15-5-2-1-4-13(15)20(24)26/h1-2,4-5,10-12H,3,6-9H2,(H,23,25). The highest BCUT2D eigenvalue weighted by molar-refractivity contribution is 6.34. The van der Waals surface area contributed by atoms with Crippen LogP contribution in [0, 0.1) is 0 Å². The fraction of sp³-hybridized carbons (Fsp3) is 0.250. The Labute approximate surface area is 165 Å². The molecule has 0 aliphatic carbocycles. The molecule has 1 N–H and O–H groups in total. The molecule has 144 valence electrons. The number of halogens is 1. The van der Waals surface area contributed by atoms with Gasteiger partial charge >= 0.3 is 0 Å². The van der Waals surface area contributed by atoms with Gasteiger partial charge in [0.25, 0.3) is 5.56 Å². The Morgan fingerprint density at radius 1 is 1.18 bits per heavy atom. The molecule has 2 heterocycles. The van der Waals surface area contributed by atoms with Crippen LogP contribution in [0.5, 0.6) is 11.5 Å². The van der Waals surface area contributed by atoms with Crippen LogP contribution in [0.3, 0.4) is 0 Å². The van der Waals surface area contributed by atoms with Gasteiger partial charge in [0.1, 0.15) is 0 Å². The number of ether oxygens (including phenoxy) is 2. The second-order valence-electron chi connectivity index (χ2n) is 6.39. The van der Waals surface area contributed by atoms with Crippen LogP contribution in [0.1, 0.15) is 12.8 Å². The summed E-state index contributed by atoms with van der Waals surface area (Å²) in [6.45, 7) is 1.31. The van der Waals surface area contributed by atoms with Crippen molar-refractivity contribution in [3.8, 4) is 11.5 Å². The van der Waals surface area contributed by atoms with Crippen molar-refractivity contribution in [2.75, 3.05) is 18.5 Å². The summed E-state index contributed by atoms with van der Waals surface area (Å²) < 4.78 is 12.6. The topological polar surface area (TPSA) is 82.5 Å². The van der Waals surface area contributed by atoms with Gasteiger partial charge in [-0.3, -0.25) is 14.2 Å². The molecular weight excluding hydrogens is 382 g/mol. The van der Waals surface area contributed by atoms with Crippen molar-refractivity contribution in [1.29, 1.82) is 0 Å². The van der Waals surface area contributed by atoms with Crippen LogP contribution >= 0.6 is 11.6 Å². The summed E-state index contributed by atoms with van der Waals surface area (Å²) in [6, 6.07) is 10.4. The number of carbonyl (C=O) groups is 1. The lowest BCUT2D eigenvalue weighted by atomic mass is 10.2. The van der Waals surface area contributed by atoms with Crippen LogP contribution in [0.15, 0.2) is 47.5 Å². The van der Waals surface area contributed by atoms with Crippen molar-refractivity contribution in [2.24, 2.45) is 0 Å². The van der Waals surface area contributed by atoms with Gasteiger partial charge in [-0.15, -0.1) is 0 Å². The van der Waals surface area contributed by atoms with E-state index in [-0.39, 0.29) is 24.4 Å². The van der Waals surface area contributed by atoms with E-state index in [0.717, 1.165) is 6.42 Å². The summed E-state index contributed by atoms with van der Waals surface area (Å²) in [5.74, 6) is 0.845. The van der Waals surface area contributed by atoms with Crippen LogP contribution in [0.25, 0.3) is 10.9 Å². The number of rotatable bonds is 4. The van der Waals surface area contributed by atoms with E-state index < -0.39 is 0 Å². The predicted molar refractivity (Wildman–Crippen MR) is 106 cm³/mol. The average molecular weight is 400 g/mol. The van der Waals surface area contributed by atoms with Crippen LogP contribution in [-0.2, 0) is 11.3 Å². The number of nitrogens with zero attached hydrogens (tertiary/aromatic N) is 2. The zero-order chi connectivity index (χ0) is 19.5. The third-order valence-electron chi connectivity index (χ3n) is 4.42. The number of carbonyl (C=O) groups excluding carboxylic acids is 1. The maximum Gasteiger partial charge on any atom is 0.261 e. The molecular formula is C20H18ClN3O4. The second kappa shape index (κ2) is 7.90. The number of amides is 1. The molecule has 2 aromatic carbocycles. The van der Waals surface area contributed by atoms with Gasteiger partial charge in [-0.2, -0.15) is 0 Å². The smallest absolute Gasteiger partial charge is 0.261 e. The Morgan fingerprint density at radius 2 is 1.93 bits per heavy atom. The summed E-state index contributed by atoms with van der Waals surface area (Å²) in [7, 11) is 0. The van der Waals surface area contributed by atoms with E-state index >= 15 is 0 Å². The van der Waals surface area contributed by atoms with E-state index in [1.165, 1.54) is 10.9 Å². The number of benzene rings is 2. The van der Waals surface area contributed by atoms with Crippen LogP contribution in [-0.4, -0.2) is 28.7 Å². The number of aromatic nitrogens is 2. The average Bonchev–Trinajstić information content (AvgIpc) is 2.93. The van der Waals surface area contributed by atoms with Gasteiger partial charge in [-0.25, -0.2) is 4.98 Å². The Kier molecular flexibility index (Phi) is 5.16. The summed E-state index contributed by atoms with van der Waals surface area (Å²) in [5, 5.41) is 3.65. The highest BCUT2D eigenvalue weighted by atomic mass is 35.5. The number of hydrogen-bond acceptors (Lipinski definition) is 5. The fourth-order valence-electron chi connectivity index (χ4n) is 2.98. The van der Waals surface area contributed by atoms with Gasteiger partial charge in [-0.05, 0) is 12.1 Å². The molecule has 1 amide bonds. The Morgan fingerprint density at radius 3 is 2.75 bits per heavy atom. The number of para-hydroxylation sites is 1. The highest BCUT2D eigenvalue weighted by Gasteiger charge is 2.16. The quantitative estimate of drug-likeness (QED) is 0.728. The van der Waals surface area contributed by atoms with Gasteiger partial charge < -0.3 is 14.8 Å². The lowest BCUT2D eigenvalue weighted by Gasteiger charge is -2.13. The Bertz CT molecular complexity index is 1100. The molecule has 7 nitrogen and oxygen atoms in total. The van der Waals surface area contributed by atoms with E-state index in [9.17, 15) is 9.59 Å².